The zero-order valence-corrected chi connectivity index (χ0v) is 23.6. The van der Waals surface area contributed by atoms with Gasteiger partial charge in [-0.05, 0) is 55.1 Å². The molecule has 17 heteroatoms. The molecule has 0 radical (unpaired) electrons. The van der Waals surface area contributed by atoms with Crippen LogP contribution >= 0.6 is 0 Å². The predicted molar refractivity (Wildman–Crippen MR) is 136 cm³/mol. The van der Waals surface area contributed by atoms with Gasteiger partial charge < -0.3 is 9.45 Å². The van der Waals surface area contributed by atoms with Gasteiger partial charge in [0.2, 0.25) is 5.91 Å². The Labute approximate surface area is 239 Å². The lowest BCUT2D eigenvalue weighted by Gasteiger charge is -2.31. The van der Waals surface area contributed by atoms with Crippen molar-refractivity contribution in [2.75, 3.05) is 24.6 Å². The van der Waals surface area contributed by atoms with Crippen LogP contribution < -0.4 is 5.32 Å². The van der Waals surface area contributed by atoms with Crippen LogP contribution in [0.4, 0.5) is 45.6 Å². The second kappa shape index (κ2) is 13.7. The van der Waals surface area contributed by atoms with Gasteiger partial charge in [-0.3, -0.25) is 20.2 Å². The highest BCUT2D eigenvalue weighted by Gasteiger charge is 2.56. The number of urea groups is 1. The molecule has 0 saturated carbocycles. The third-order valence-corrected chi connectivity index (χ3v) is 8.40. The summed E-state index contributed by atoms with van der Waals surface area (Å²) in [6.45, 7) is 3.32. The average molecular weight is 638 g/mol. The topological polar surface area (TPSA) is 116 Å². The van der Waals surface area contributed by atoms with Crippen LogP contribution in [0, 0.1) is 15.5 Å². The first-order chi connectivity index (χ1) is 19.1. The first kappa shape index (κ1) is 35.5. The Balaban J connectivity index is 2.11. The van der Waals surface area contributed by atoms with E-state index >= 15 is 0 Å². The van der Waals surface area contributed by atoms with E-state index < -0.39 is 81.7 Å². The Morgan fingerprint density at radius 2 is 1.62 bits per heavy atom. The number of carbonyl (C=O) groups is 2. The minimum atomic E-state index is -5.69. The summed E-state index contributed by atoms with van der Waals surface area (Å²) in [6.07, 6.45) is -11.8. The lowest BCUT2D eigenvalue weighted by molar-refractivity contribution is -0.388. The number of rotatable bonds is 15. The van der Waals surface area contributed by atoms with Crippen LogP contribution in [0.15, 0.2) is 18.2 Å². The van der Waals surface area contributed by atoms with Gasteiger partial charge in [-0.15, -0.1) is 0 Å². The number of halogens is 8. The number of amides is 3. The summed E-state index contributed by atoms with van der Waals surface area (Å²) < 4.78 is 116. The van der Waals surface area contributed by atoms with Crippen molar-refractivity contribution in [3.8, 4) is 0 Å². The number of nitrogens with zero attached hydrogens (tertiary/aromatic N) is 2. The second-order valence-corrected chi connectivity index (χ2v) is 12.6. The van der Waals surface area contributed by atoms with E-state index in [-0.39, 0.29) is 49.4 Å². The molecule has 1 N–H and O–H groups in total. The third kappa shape index (κ3) is 10.2. The van der Waals surface area contributed by atoms with E-state index in [0.29, 0.717) is 12.5 Å². The lowest BCUT2D eigenvalue weighted by atomic mass is 9.75. The van der Waals surface area contributed by atoms with Gasteiger partial charge in [-0.1, -0.05) is 31.1 Å². The zero-order chi connectivity index (χ0) is 32.1. The fourth-order valence-corrected chi connectivity index (χ4v) is 5.87. The number of hydrogen-bond acceptors (Lipinski definition) is 5. The van der Waals surface area contributed by atoms with Crippen LogP contribution in [0.5, 0.6) is 0 Å². The number of nitro groups is 1. The standard InChI is InChI=1S/C25H31F8N3O5S/c1-22(2,8-3-11-42(41)12-4-9-23(26,27)25(31,32)33)14-17(7-10-35-15-20(37)34-21(35)38)16-5-6-19(36(39)40)18(13-16)24(28,29)30/h5-6,13,17H,3-4,7-12,14-15H2,1-2H3,(H,34,37,38). The summed E-state index contributed by atoms with van der Waals surface area (Å²) in [7, 11) is 0. The molecule has 0 spiro atoms. The Morgan fingerprint density at radius 1 is 1.02 bits per heavy atom. The summed E-state index contributed by atoms with van der Waals surface area (Å²) in [5.41, 5.74) is -3.06. The largest absolute Gasteiger partial charge is 0.616 e. The van der Waals surface area contributed by atoms with Crippen LogP contribution in [0.3, 0.4) is 0 Å². The van der Waals surface area contributed by atoms with E-state index in [2.05, 4.69) is 5.32 Å². The van der Waals surface area contributed by atoms with Crippen molar-refractivity contribution in [3.63, 3.8) is 0 Å². The highest BCUT2D eigenvalue weighted by atomic mass is 32.2. The zero-order valence-electron chi connectivity index (χ0n) is 22.7. The van der Waals surface area contributed by atoms with Gasteiger partial charge in [-0.2, -0.15) is 35.1 Å². The van der Waals surface area contributed by atoms with Gasteiger partial charge in [0, 0.05) is 19.0 Å². The second-order valence-electron chi connectivity index (χ2n) is 10.9. The van der Waals surface area contributed by atoms with E-state index in [1.807, 2.05) is 0 Å². The number of imide groups is 1. The maximum atomic E-state index is 13.6. The summed E-state index contributed by atoms with van der Waals surface area (Å²) >= 11 is -1.67. The molecule has 1 heterocycles. The Hall–Kier alpha value is -2.69. The molecule has 3 amide bonds. The molecule has 1 saturated heterocycles. The van der Waals surface area contributed by atoms with Crippen molar-refractivity contribution in [2.45, 2.75) is 76.6 Å². The highest BCUT2D eigenvalue weighted by Crippen LogP contribution is 2.42. The van der Waals surface area contributed by atoms with Crippen molar-refractivity contribution in [1.82, 2.24) is 10.2 Å². The number of hydrogen-bond donors (Lipinski definition) is 1. The Morgan fingerprint density at radius 3 is 2.12 bits per heavy atom. The van der Waals surface area contributed by atoms with E-state index in [1.54, 1.807) is 13.8 Å². The summed E-state index contributed by atoms with van der Waals surface area (Å²) in [5.74, 6) is -6.41. The first-order valence-electron chi connectivity index (χ1n) is 12.9. The molecule has 1 aromatic carbocycles. The molecule has 0 aliphatic carbocycles. The highest BCUT2D eigenvalue weighted by molar-refractivity contribution is 7.91. The average Bonchev–Trinajstić information content (AvgIpc) is 3.16. The van der Waals surface area contributed by atoms with Gasteiger partial charge >= 0.3 is 24.3 Å². The quantitative estimate of drug-likeness (QED) is 0.0769. The number of alkyl halides is 8. The minimum Gasteiger partial charge on any atom is -0.616 e. The first-order valence-corrected chi connectivity index (χ1v) is 14.4. The van der Waals surface area contributed by atoms with Gasteiger partial charge in [0.05, 0.1) is 4.92 Å². The van der Waals surface area contributed by atoms with E-state index in [0.717, 1.165) is 6.07 Å². The molecule has 42 heavy (non-hydrogen) atoms. The molecule has 1 fully saturated rings. The molecular formula is C25H31F8N3O5S. The molecule has 2 atom stereocenters. The van der Waals surface area contributed by atoms with Crippen LogP contribution in [0.1, 0.15) is 69.4 Å². The SMILES string of the molecule is CC(C)(CCC[S+]([O-])CCCC(F)(F)C(F)(F)F)CC(CCN1CC(=O)NC1=O)c1ccc([N+](=O)[O-])c(C(F)(F)F)c1. The van der Waals surface area contributed by atoms with Gasteiger partial charge in [-0.25, -0.2) is 4.79 Å². The molecule has 1 aliphatic rings. The number of nitro benzene ring substituents is 1. The van der Waals surface area contributed by atoms with E-state index in [4.69, 9.17) is 0 Å². The molecule has 8 nitrogen and oxygen atoms in total. The summed E-state index contributed by atoms with van der Waals surface area (Å²) in [4.78, 5) is 34.7. The molecule has 2 rings (SSSR count). The van der Waals surface area contributed by atoms with Crippen LogP contribution in [0.2, 0.25) is 0 Å². The molecular weight excluding hydrogens is 606 g/mol. The minimum absolute atomic E-state index is 0.00321. The van der Waals surface area contributed by atoms with Crippen molar-refractivity contribution in [3.05, 3.63) is 39.4 Å². The molecule has 2 unspecified atom stereocenters. The number of nitrogens with one attached hydrogen (secondary N) is 1. The van der Waals surface area contributed by atoms with Crippen LogP contribution in [-0.4, -0.2) is 63.0 Å². The van der Waals surface area contributed by atoms with Crippen molar-refractivity contribution in [2.24, 2.45) is 5.41 Å². The molecule has 0 bridgehead atoms. The van der Waals surface area contributed by atoms with Crippen LogP contribution in [-0.2, 0) is 22.1 Å². The number of benzene rings is 1. The van der Waals surface area contributed by atoms with Crippen molar-refractivity contribution in [1.29, 1.82) is 0 Å². The summed E-state index contributed by atoms with van der Waals surface area (Å²) in [5, 5.41) is 13.3. The fraction of sp³-hybridized carbons (Fsp3) is 0.680. The molecule has 0 aromatic heterocycles. The van der Waals surface area contributed by atoms with Gasteiger partial charge in [0.1, 0.15) is 23.6 Å². The molecule has 1 aromatic rings. The fourth-order valence-electron chi connectivity index (χ4n) is 4.74. The maximum absolute atomic E-state index is 13.6. The van der Waals surface area contributed by atoms with Gasteiger partial charge in [0.15, 0.2) is 0 Å². The number of carbonyl (C=O) groups excluding carboxylic acids is 2. The monoisotopic (exact) mass is 637 g/mol. The molecule has 1 aliphatic heterocycles. The Bertz CT molecular complexity index is 1130. The Kier molecular flexibility index (Phi) is 11.6. The van der Waals surface area contributed by atoms with Crippen molar-refractivity contribution >= 4 is 28.8 Å². The summed E-state index contributed by atoms with van der Waals surface area (Å²) in [6, 6.07) is 2.00. The normalized spacial score (nSPS) is 16.5. The van der Waals surface area contributed by atoms with E-state index in [9.17, 15) is 59.4 Å². The lowest BCUT2D eigenvalue weighted by Crippen LogP contribution is -2.36. The van der Waals surface area contributed by atoms with Crippen molar-refractivity contribution < 1.29 is 54.2 Å². The van der Waals surface area contributed by atoms with Crippen LogP contribution in [0.25, 0.3) is 0 Å². The smallest absolute Gasteiger partial charge is 0.453 e. The molecule has 238 valence electrons. The maximum Gasteiger partial charge on any atom is 0.453 e. The van der Waals surface area contributed by atoms with Gasteiger partial charge in [0.25, 0.3) is 5.69 Å². The van der Waals surface area contributed by atoms with E-state index in [1.165, 1.54) is 11.0 Å². The predicted octanol–water partition coefficient (Wildman–Crippen LogP) is 6.56. The third-order valence-electron chi connectivity index (χ3n) is 6.91.